The standard InChI is InChI=1S/C16H21F3N2O2/c1-12-3-2-4-14(7-12)23-10-15(22)20-8-13-5-6-21(9-13)11-16(17,18)19/h2-4,7,13H,5-6,8-11H2,1H3,(H,20,22). The third-order valence-electron chi connectivity index (χ3n) is 3.72. The van der Waals surface area contributed by atoms with Crippen molar-refractivity contribution in [1.29, 1.82) is 0 Å². The molecule has 0 bridgehead atoms. The second-order valence-corrected chi connectivity index (χ2v) is 5.91. The van der Waals surface area contributed by atoms with Gasteiger partial charge in [-0.1, -0.05) is 12.1 Å². The van der Waals surface area contributed by atoms with E-state index < -0.39 is 12.7 Å². The number of benzene rings is 1. The molecule has 1 aromatic rings. The lowest BCUT2D eigenvalue weighted by Gasteiger charge is -2.18. The fraction of sp³-hybridized carbons (Fsp3) is 0.562. The van der Waals surface area contributed by atoms with Crippen molar-refractivity contribution in [1.82, 2.24) is 10.2 Å². The second-order valence-electron chi connectivity index (χ2n) is 5.91. The van der Waals surface area contributed by atoms with Crippen LogP contribution in [0, 0.1) is 12.8 Å². The molecule has 23 heavy (non-hydrogen) atoms. The number of alkyl halides is 3. The zero-order chi connectivity index (χ0) is 16.9. The molecule has 1 heterocycles. The maximum atomic E-state index is 12.3. The maximum absolute atomic E-state index is 12.3. The summed E-state index contributed by atoms with van der Waals surface area (Å²) in [6.45, 7) is 2.11. The monoisotopic (exact) mass is 330 g/mol. The fourth-order valence-electron chi connectivity index (χ4n) is 2.64. The highest BCUT2D eigenvalue weighted by Gasteiger charge is 2.34. The Bertz CT molecular complexity index is 534. The number of halogens is 3. The van der Waals surface area contributed by atoms with Crippen LogP contribution in [0.5, 0.6) is 5.75 Å². The van der Waals surface area contributed by atoms with Crippen molar-refractivity contribution in [2.24, 2.45) is 5.92 Å². The highest BCUT2D eigenvalue weighted by atomic mass is 19.4. The van der Waals surface area contributed by atoms with Crippen molar-refractivity contribution in [2.45, 2.75) is 19.5 Å². The van der Waals surface area contributed by atoms with Crippen LogP contribution in [-0.2, 0) is 4.79 Å². The van der Waals surface area contributed by atoms with E-state index >= 15 is 0 Å². The Kier molecular flexibility index (Phi) is 5.87. The Morgan fingerprint density at radius 3 is 2.91 bits per heavy atom. The van der Waals surface area contributed by atoms with Gasteiger partial charge in [-0.15, -0.1) is 0 Å². The predicted molar refractivity (Wildman–Crippen MR) is 80.3 cm³/mol. The quantitative estimate of drug-likeness (QED) is 0.871. The average Bonchev–Trinajstić information content (AvgIpc) is 2.88. The highest BCUT2D eigenvalue weighted by molar-refractivity contribution is 5.77. The first-order valence-electron chi connectivity index (χ1n) is 7.57. The van der Waals surface area contributed by atoms with Crippen molar-refractivity contribution in [3.8, 4) is 5.75 Å². The van der Waals surface area contributed by atoms with Gasteiger partial charge in [-0.3, -0.25) is 9.69 Å². The molecule has 1 saturated heterocycles. The number of amides is 1. The van der Waals surface area contributed by atoms with Crippen LogP contribution in [0.25, 0.3) is 0 Å². The van der Waals surface area contributed by atoms with Gasteiger partial charge in [-0.2, -0.15) is 13.2 Å². The Morgan fingerprint density at radius 2 is 2.22 bits per heavy atom. The number of nitrogens with one attached hydrogen (secondary N) is 1. The Balaban J connectivity index is 1.65. The van der Waals surface area contributed by atoms with E-state index in [2.05, 4.69) is 5.32 Å². The fourth-order valence-corrected chi connectivity index (χ4v) is 2.64. The van der Waals surface area contributed by atoms with E-state index in [4.69, 9.17) is 4.74 Å². The van der Waals surface area contributed by atoms with E-state index in [0.29, 0.717) is 31.8 Å². The Morgan fingerprint density at radius 1 is 1.43 bits per heavy atom. The molecular formula is C16H21F3N2O2. The number of rotatable bonds is 6. The second kappa shape index (κ2) is 7.68. The molecule has 1 amide bonds. The van der Waals surface area contributed by atoms with Crippen LogP contribution in [0.15, 0.2) is 24.3 Å². The first kappa shape index (κ1) is 17.6. The Labute approximate surface area is 133 Å². The molecule has 2 rings (SSSR count). The van der Waals surface area contributed by atoms with Crippen molar-refractivity contribution in [3.05, 3.63) is 29.8 Å². The van der Waals surface area contributed by atoms with E-state index in [1.165, 1.54) is 4.90 Å². The van der Waals surface area contributed by atoms with Gasteiger partial charge >= 0.3 is 6.18 Å². The van der Waals surface area contributed by atoms with Crippen molar-refractivity contribution in [3.63, 3.8) is 0 Å². The molecular weight excluding hydrogens is 309 g/mol. The highest BCUT2D eigenvalue weighted by Crippen LogP contribution is 2.22. The van der Waals surface area contributed by atoms with Gasteiger partial charge in [-0.05, 0) is 43.5 Å². The number of aryl methyl sites for hydroxylation is 1. The van der Waals surface area contributed by atoms with Crippen LogP contribution in [0.3, 0.4) is 0 Å². The number of nitrogens with zero attached hydrogens (tertiary/aromatic N) is 1. The molecule has 0 spiro atoms. The molecule has 0 radical (unpaired) electrons. The summed E-state index contributed by atoms with van der Waals surface area (Å²) < 4.78 is 42.3. The van der Waals surface area contributed by atoms with E-state index in [9.17, 15) is 18.0 Å². The van der Waals surface area contributed by atoms with Crippen LogP contribution >= 0.6 is 0 Å². The molecule has 1 N–H and O–H groups in total. The molecule has 7 heteroatoms. The molecule has 1 fully saturated rings. The van der Waals surface area contributed by atoms with Gasteiger partial charge < -0.3 is 10.1 Å². The summed E-state index contributed by atoms with van der Waals surface area (Å²) in [7, 11) is 0. The van der Waals surface area contributed by atoms with Crippen molar-refractivity contribution >= 4 is 5.91 Å². The molecule has 128 valence electrons. The summed E-state index contributed by atoms with van der Waals surface area (Å²) in [6.07, 6.45) is -3.51. The third kappa shape index (κ3) is 6.48. The molecule has 0 aromatic heterocycles. The van der Waals surface area contributed by atoms with Gasteiger partial charge in [0.05, 0.1) is 6.54 Å². The van der Waals surface area contributed by atoms with E-state index in [-0.39, 0.29) is 18.4 Å². The van der Waals surface area contributed by atoms with Crippen LogP contribution in [0.2, 0.25) is 0 Å². The predicted octanol–water partition coefficient (Wildman–Crippen LogP) is 2.37. The molecule has 1 atom stereocenters. The largest absolute Gasteiger partial charge is 0.484 e. The molecule has 1 aliphatic rings. The summed E-state index contributed by atoms with van der Waals surface area (Å²) in [5.74, 6) is 0.415. The van der Waals surface area contributed by atoms with Gasteiger partial charge in [0.1, 0.15) is 5.75 Å². The first-order chi connectivity index (χ1) is 10.8. The molecule has 1 aliphatic heterocycles. The van der Waals surface area contributed by atoms with Crippen LogP contribution in [-0.4, -0.2) is 49.8 Å². The molecule has 0 saturated carbocycles. The number of carbonyl (C=O) groups is 1. The van der Waals surface area contributed by atoms with Gasteiger partial charge in [-0.25, -0.2) is 0 Å². The lowest BCUT2D eigenvalue weighted by Crippen LogP contribution is -2.36. The smallest absolute Gasteiger partial charge is 0.401 e. The minimum absolute atomic E-state index is 0.0558. The number of hydrogen-bond acceptors (Lipinski definition) is 3. The maximum Gasteiger partial charge on any atom is 0.401 e. The minimum atomic E-state index is -4.17. The van der Waals surface area contributed by atoms with Crippen LogP contribution in [0.1, 0.15) is 12.0 Å². The van der Waals surface area contributed by atoms with E-state index in [1.54, 1.807) is 6.07 Å². The van der Waals surface area contributed by atoms with Gasteiger partial charge in [0.25, 0.3) is 5.91 Å². The number of likely N-dealkylation sites (tertiary alicyclic amines) is 1. The zero-order valence-corrected chi connectivity index (χ0v) is 13.0. The zero-order valence-electron chi connectivity index (χ0n) is 13.0. The Hall–Kier alpha value is -1.76. The summed E-state index contributed by atoms with van der Waals surface area (Å²) in [5, 5.41) is 2.72. The normalized spacial score (nSPS) is 18.9. The van der Waals surface area contributed by atoms with E-state index in [0.717, 1.165) is 5.56 Å². The molecule has 0 aliphatic carbocycles. The molecule has 1 unspecified atom stereocenters. The topological polar surface area (TPSA) is 41.6 Å². The molecule has 4 nitrogen and oxygen atoms in total. The van der Waals surface area contributed by atoms with Crippen molar-refractivity contribution < 1.29 is 22.7 Å². The SMILES string of the molecule is Cc1cccc(OCC(=O)NCC2CCN(CC(F)(F)F)C2)c1. The lowest BCUT2D eigenvalue weighted by atomic mass is 10.1. The first-order valence-corrected chi connectivity index (χ1v) is 7.57. The number of ether oxygens (including phenoxy) is 1. The molecule has 1 aromatic carbocycles. The van der Waals surface area contributed by atoms with Gasteiger partial charge in [0, 0.05) is 13.1 Å². The summed E-state index contributed by atoms with van der Waals surface area (Å²) >= 11 is 0. The van der Waals surface area contributed by atoms with E-state index in [1.807, 2.05) is 25.1 Å². The minimum Gasteiger partial charge on any atom is -0.484 e. The number of carbonyl (C=O) groups excluding carboxylic acids is 1. The van der Waals surface area contributed by atoms with Crippen LogP contribution < -0.4 is 10.1 Å². The average molecular weight is 330 g/mol. The number of hydrogen-bond donors (Lipinski definition) is 1. The van der Waals surface area contributed by atoms with Gasteiger partial charge in [0.2, 0.25) is 0 Å². The summed E-state index contributed by atoms with van der Waals surface area (Å²) in [5.41, 5.74) is 1.04. The van der Waals surface area contributed by atoms with Crippen molar-refractivity contribution in [2.75, 3.05) is 32.8 Å². The summed E-state index contributed by atoms with van der Waals surface area (Å²) in [6, 6.07) is 7.38. The third-order valence-corrected chi connectivity index (χ3v) is 3.72. The lowest BCUT2D eigenvalue weighted by molar-refractivity contribution is -0.143. The summed E-state index contributed by atoms with van der Waals surface area (Å²) in [4.78, 5) is 13.1. The van der Waals surface area contributed by atoms with Gasteiger partial charge in [0.15, 0.2) is 6.61 Å². The van der Waals surface area contributed by atoms with Crippen LogP contribution in [0.4, 0.5) is 13.2 Å².